The minimum absolute atomic E-state index is 0.0756. The van der Waals surface area contributed by atoms with E-state index in [0.29, 0.717) is 25.3 Å². The zero-order valence-electron chi connectivity index (χ0n) is 13.4. The maximum atomic E-state index is 13.1. The molecular formula is C19H16FN3O2. The molecule has 4 rings (SSSR count). The molecule has 6 heteroatoms. The molecule has 0 radical (unpaired) electrons. The Hall–Kier alpha value is -3.15. The van der Waals surface area contributed by atoms with Crippen molar-refractivity contribution in [2.75, 3.05) is 6.54 Å². The van der Waals surface area contributed by atoms with E-state index < -0.39 is 0 Å². The van der Waals surface area contributed by atoms with Crippen LogP contribution in [0, 0.1) is 5.82 Å². The van der Waals surface area contributed by atoms with Gasteiger partial charge in [-0.05, 0) is 42.5 Å². The quantitative estimate of drug-likeness (QED) is 0.745. The molecule has 3 aromatic rings. The molecule has 1 amide bonds. The van der Waals surface area contributed by atoms with E-state index in [1.807, 2.05) is 0 Å². The summed E-state index contributed by atoms with van der Waals surface area (Å²) < 4.78 is 18.3. The summed E-state index contributed by atoms with van der Waals surface area (Å²) in [6, 6.07) is 9.79. The van der Waals surface area contributed by atoms with Gasteiger partial charge in [0, 0.05) is 42.4 Å². The lowest BCUT2D eigenvalue weighted by Crippen LogP contribution is -2.34. The number of nitrogens with zero attached hydrogens (tertiary/aromatic N) is 2. The van der Waals surface area contributed by atoms with Crippen molar-refractivity contribution in [2.45, 2.75) is 13.0 Å². The lowest BCUT2D eigenvalue weighted by atomic mass is 10.0. The highest BCUT2D eigenvalue weighted by atomic mass is 19.1. The minimum atomic E-state index is -0.284. The van der Waals surface area contributed by atoms with Crippen molar-refractivity contribution >= 4 is 12.0 Å². The number of H-pyrrole nitrogens is 1. The Bertz CT molecular complexity index is 911. The number of furan rings is 1. The molecule has 0 saturated carbocycles. The van der Waals surface area contributed by atoms with E-state index in [0.717, 1.165) is 22.5 Å². The van der Waals surface area contributed by atoms with Crippen molar-refractivity contribution in [2.24, 2.45) is 0 Å². The van der Waals surface area contributed by atoms with E-state index in [2.05, 4.69) is 10.2 Å². The Labute approximate surface area is 143 Å². The SMILES string of the molecule is O=C(C=Cc1ccco1)N1CCc2[nH]nc(-c3ccc(F)cc3)c2C1. The summed E-state index contributed by atoms with van der Waals surface area (Å²) in [7, 11) is 0. The van der Waals surface area contributed by atoms with Gasteiger partial charge in [-0.1, -0.05) is 0 Å². The van der Waals surface area contributed by atoms with E-state index in [1.54, 1.807) is 41.5 Å². The minimum Gasteiger partial charge on any atom is -0.465 e. The largest absolute Gasteiger partial charge is 0.465 e. The zero-order valence-corrected chi connectivity index (χ0v) is 13.4. The Balaban J connectivity index is 1.55. The van der Waals surface area contributed by atoms with Crippen LogP contribution in [0.1, 0.15) is 17.0 Å². The van der Waals surface area contributed by atoms with Crippen LogP contribution in [0.25, 0.3) is 17.3 Å². The number of halogens is 1. The number of amides is 1. The second-order valence-corrected chi connectivity index (χ2v) is 5.89. The molecule has 1 aliphatic rings. The predicted molar refractivity (Wildman–Crippen MR) is 90.8 cm³/mol. The van der Waals surface area contributed by atoms with Crippen LogP contribution in [0.5, 0.6) is 0 Å². The summed E-state index contributed by atoms with van der Waals surface area (Å²) in [4.78, 5) is 14.2. The van der Waals surface area contributed by atoms with Crippen LogP contribution in [-0.4, -0.2) is 27.5 Å². The van der Waals surface area contributed by atoms with Gasteiger partial charge in [0.1, 0.15) is 11.6 Å². The monoisotopic (exact) mass is 337 g/mol. The van der Waals surface area contributed by atoms with Crippen molar-refractivity contribution in [1.82, 2.24) is 15.1 Å². The first-order chi connectivity index (χ1) is 12.2. The Kier molecular flexibility index (Phi) is 3.93. The average Bonchev–Trinajstić information content (AvgIpc) is 3.29. The smallest absolute Gasteiger partial charge is 0.247 e. The van der Waals surface area contributed by atoms with E-state index in [1.165, 1.54) is 18.2 Å². The van der Waals surface area contributed by atoms with Crippen LogP contribution in [-0.2, 0) is 17.8 Å². The highest BCUT2D eigenvalue weighted by molar-refractivity contribution is 5.91. The van der Waals surface area contributed by atoms with Gasteiger partial charge in [-0.25, -0.2) is 4.39 Å². The molecule has 0 saturated heterocycles. The third kappa shape index (κ3) is 3.10. The van der Waals surface area contributed by atoms with Crippen molar-refractivity contribution in [3.63, 3.8) is 0 Å². The van der Waals surface area contributed by atoms with Crippen LogP contribution >= 0.6 is 0 Å². The lowest BCUT2D eigenvalue weighted by molar-refractivity contribution is -0.126. The summed E-state index contributed by atoms with van der Waals surface area (Å²) in [5.41, 5.74) is 3.61. The van der Waals surface area contributed by atoms with Gasteiger partial charge in [0.05, 0.1) is 12.0 Å². The molecule has 25 heavy (non-hydrogen) atoms. The molecule has 0 fully saturated rings. The first kappa shape index (κ1) is 15.4. The topological polar surface area (TPSA) is 62.1 Å². The third-order valence-electron chi connectivity index (χ3n) is 4.30. The molecule has 2 aromatic heterocycles. The third-order valence-corrected chi connectivity index (χ3v) is 4.30. The number of aromatic nitrogens is 2. The van der Waals surface area contributed by atoms with Gasteiger partial charge < -0.3 is 9.32 Å². The predicted octanol–water partition coefficient (Wildman–Crippen LogP) is 3.41. The van der Waals surface area contributed by atoms with Gasteiger partial charge in [-0.15, -0.1) is 0 Å². The maximum Gasteiger partial charge on any atom is 0.247 e. The summed E-state index contributed by atoms with van der Waals surface area (Å²) in [5.74, 6) is 0.280. The molecule has 1 aromatic carbocycles. The summed E-state index contributed by atoms with van der Waals surface area (Å²) in [6.45, 7) is 1.10. The fourth-order valence-electron chi connectivity index (χ4n) is 2.97. The Morgan fingerprint density at radius 3 is 2.88 bits per heavy atom. The van der Waals surface area contributed by atoms with E-state index >= 15 is 0 Å². The van der Waals surface area contributed by atoms with Crippen LogP contribution in [0.15, 0.2) is 53.2 Å². The second-order valence-electron chi connectivity index (χ2n) is 5.89. The van der Waals surface area contributed by atoms with Crippen molar-refractivity contribution in [3.05, 3.63) is 71.6 Å². The van der Waals surface area contributed by atoms with Crippen LogP contribution in [0.4, 0.5) is 4.39 Å². The van der Waals surface area contributed by atoms with Gasteiger partial charge in [0.15, 0.2) is 0 Å². The molecule has 0 spiro atoms. The molecule has 3 heterocycles. The zero-order chi connectivity index (χ0) is 17.2. The van der Waals surface area contributed by atoms with Crippen LogP contribution < -0.4 is 0 Å². The number of benzene rings is 1. The maximum absolute atomic E-state index is 13.1. The van der Waals surface area contributed by atoms with Crippen molar-refractivity contribution < 1.29 is 13.6 Å². The molecule has 0 atom stereocenters. The second kappa shape index (κ2) is 6.39. The molecule has 1 N–H and O–H groups in total. The molecule has 0 bridgehead atoms. The molecule has 126 valence electrons. The fourth-order valence-corrected chi connectivity index (χ4v) is 2.97. The molecule has 0 aliphatic carbocycles. The summed E-state index contributed by atoms with van der Waals surface area (Å²) in [6.07, 6.45) is 5.46. The lowest BCUT2D eigenvalue weighted by Gasteiger charge is -2.26. The number of carbonyl (C=O) groups excluding carboxylic acids is 1. The van der Waals surface area contributed by atoms with E-state index in [-0.39, 0.29) is 11.7 Å². The Morgan fingerprint density at radius 1 is 1.28 bits per heavy atom. The number of rotatable bonds is 3. The first-order valence-corrected chi connectivity index (χ1v) is 8.03. The highest BCUT2D eigenvalue weighted by Crippen LogP contribution is 2.28. The number of aromatic amines is 1. The van der Waals surface area contributed by atoms with Crippen LogP contribution in [0.2, 0.25) is 0 Å². The Morgan fingerprint density at radius 2 is 2.12 bits per heavy atom. The summed E-state index contributed by atoms with van der Waals surface area (Å²) in [5, 5.41) is 7.40. The van der Waals surface area contributed by atoms with E-state index in [9.17, 15) is 9.18 Å². The number of nitrogens with one attached hydrogen (secondary N) is 1. The number of fused-ring (bicyclic) bond motifs is 1. The standard InChI is InChI=1S/C19H16FN3O2/c20-14-5-3-13(4-6-14)19-16-12-23(10-9-17(16)21-22-19)18(24)8-7-15-2-1-11-25-15/h1-8,11H,9-10,12H2,(H,21,22). The highest BCUT2D eigenvalue weighted by Gasteiger charge is 2.24. The molecule has 0 unspecified atom stereocenters. The molecular weight excluding hydrogens is 321 g/mol. The van der Waals surface area contributed by atoms with Gasteiger partial charge >= 0.3 is 0 Å². The fraction of sp³-hybridized carbons (Fsp3) is 0.158. The van der Waals surface area contributed by atoms with Gasteiger partial charge in [-0.2, -0.15) is 5.10 Å². The number of carbonyl (C=O) groups is 1. The molecule has 1 aliphatic heterocycles. The van der Waals surface area contributed by atoms with Crippen molar-refractivity contribution in [1.29, 1.82) is 0 Å². The van der Waals surface area contributed by atoms with Crippen LogP contribution in [0.3, 0.4) is 0 Å². The number of hydrogen-bond donors (Lipinski definition) is 1. The average molecular weight is 337 g/mol. The molecule has 5 nitrogen and oxygen atoms in total. The normalized spacial score (nSPS) is 14.0. The first-order valence-electron chi connectivity index (χ1n) is 8.03. The van der Waals surface area contributed by atoms with Gasteiger partial charge in [-0.3, -0.25) is 9.89 Å². The number of hydrogen-bond acceptors (Lipinski definition) is 3. The van der Waals surface area contributed by atoms with Crippen molar-refractivity contribution in [3.8, 4) is 11.3 Å². The summed E-state index contributed by atoms with van der Waals surface area (Å²) >= 11 is 0. The van der Waals surface area contributed by atoms with Gasteiger partial charge in [0.25, 0.3) is 0 Å². The van der Waals surface area contributed by atoms with E-state index in [4.69, 9.17) is 4.42 Å². The van der Waals surface area contributed by atoms with Gasteiger partial charge in [0.2, 0.25) is 5.91 Å².